The van der Waals surface area contributed by atoms with Gasteiger partial charge in [0.05, 0.1) is 4.11 Å². The molecule has 0 unspecified atom stereocenters. The highest BCUT2D eigenvalue weighted by Crippen LogP contribution is 2.33. The molecule has 0 spiro atoms. The van der Waals surface area contributed by atoms with E-state index in [2.05, 4.69) is 4.90 Å². The van der Waals surface area contributed by atoms with Crippen LogP contribution in [0, 0.1) is 0 Å². The zero-order chi connectivity index (χ0) is 17.3. The Labute approximate surface area is 143 Å². The lowest BCUT2D eigenvalue weighted by Crippen LogP contribution is -2.12. The average Bonchev–Trinajstić information content (AvgIpc) is 2.68. The summed E-state index contributed by atoms with van der Waals surface area (Å²) in [4.78, 5) is 2.06. The summed E-state index contributed by atoms with van der Waals surface area (Å²) in [5.41, 5.74) is 4.04. The Bertz CT molecular complexity index is 783. The van der Waals surface area contributed by atoms with Crippen molar-refractivity contribution in [2.24, 2.45) is 0 Å². The van der Waals surface area contributed by atoms with Gasteiger partial charge in [-0.1, -0.05) is 66.7 Å². The van der Waals surface area contributed by atoms with Crippen LogP contribution in [-0.2, 0) is 0 Å². The third-order valence-corrected chi connectivity index (χ3v) is 3.59. The van der Waals surface area contributed by atoms with Crippen LogP contribution in [0.15, 0.2) is 54.6 Å². The van der Waals surface area contributed by atoms with Gasteiger partial charge in [0.15, 0.2) is 0 Å². The Morgan fingerprint density at radius 3 is 1.95 bits per heavy atom. The second-order valence-corrected chi connectivity index (χ2v) is 5.45. The first kappa shape index (κ1) is 12.7. The summed E-state index contributed by atoms with van der Waals surface area (Å²) in [5.74, 6) is 0. The van der Waals surface area contributed by atoms with Crippen molar-refractivity contribution in [1.82, 2.24) is 4.90 Å². The van der Waals surface area contributed by atoms with Crippen molar-refractivity contribution in [3.8, 4) is 0 Å². The summed E-state index contributed by atoms with van der Waals surface area (Å²) in [6, 6.07) is 16.3. The molecule has 0 saturated heterocycles. The lowest BCUT2D eigenvalue weighted by molar-refractivity contribution is 0.417. The highest BCUT2D eigenvalue weighted by molar-refractivity contribution is 5.93. The Balaban J connectivity index is 0.00000225. The van der Waals surface area contributed by atoms with E-state index >= 15 is 0 Å². The summed E-state index contributed by atoms with van der Waals surface area (Å²) in [6.07, 6.45) is 0.631. The predicted octanol–water partition coefficient (Wildman–Crippen LogP) is 4.98. The van der Waals surface area contributed by atoms with Gasteiger partial charge in [-0.2, -0.15) is 0 Å². The zero-order valence-corrected chi connectivity index (χ0v) is 13.7. The molecule has 2 aromatic rings. The summed E-state index contributed by atoms with van der Waals surface area (Å²) in [6.45, 7) is 0.793. The van der Waals surface area contributed by atoms with E-state index in [1.165, 1.54) is 0 Å². The van der Waals surface area contributed by atoms with E-state index in [1.807, 2.05) is 62.6 Å². The van der Waals surface area contributed by atoms with Gasteiger partial charge < -0.3 is 4.90 Å². The topological polar surface area (TPSA) is 3.24 Å². The normalized spacial score (nSPS) is 15.0. The van der Waals surface area contributed by atoms with Gasteiger partial charge in [-0.15, -0.1) is 12.4 Å². The molecule has 0 heterocycles. The molecule has 0 radical (unpaired) electrons. The molecule has 22 heavy (non-hydrogen) atoms. The van der Waals surface area contributed by atoms with Crippen LogP contribution in [0.4, 0.5) is 0 Å². The molecule has 1 nitrogen and oxygen atoms in total. The zero-order valence-electron chi connectivity index (χ0n) is 15.9. The molecule has 1 aliphatic rings. The third kappa shape index (κ3) is 3.49. The van der Waals surface area contributed by atoms with Crippen LogP contribution in [0.3, 0.4) is 0 Å². The van der Waals surface area contributed by atoms with Gasteiger partial charge in [0, 0.05) is 6.54 Å². The molecule has 0 aliphatic heterocycles. The second kappa shape index (κ2) is 7.44. The van der Waals surface area contributed by atoms with E-state index in [4.69, 9.17) is 4.11 Å². The fourth-order valence-electron chi connectivity index (χ4n) is 2.49. The maximum absolute atomic E-state index is 8.66. The first-order valence-corrected chi connectivity index (χ1v) is 7.22. The van der Waals surface area contributed by atoms with E-state index in [0.29, 0.717) is 12.5 Å². The molecule has 3 rings (SSSR count). The van der Waals surface area contributed by atoms with Crippen molar-refractivity contribution in [2.45, 2.75) is 6.42 Å². The molecule has 0 amide bonds. The molecule has 0 atom stereocenters. The molecule has 2 aromatic carbocycles. The van der Waals surface area contributed by atoms with Crippen molar-refractivity contribution < 1.29 is 4.11 Å². The number of hydrogen-bond acceptors (Lipinski definition) is 1. The molecular weight excluding hydrogens is 290 g/mol. The first-order valence-electron chi connectivity index (χ1n) is 8.72. The van der Waals surface area contributed by atoms with E-state index in [0.717, 1.165) is 34.4 Å². The molecular formula is C20H22ClN. The molecule has 114 valence electrons. The van der Waals surface area contributed by atoms with Crippen molar-refractivity contribution >= 4 is 30.1 Å². The largest absolute Gasteiger partial charge is 0.309 e. The van der Waals surface area contributed by atoms with Gasteiger partial charge in [0.25, 0.3) is 0 Å². The minimum absolute atomic E-state index is 0. The second-order valence-electron chi connectivity index (χ2n) is 5.45. The molecule has 1 aliphatic carbocycles. The van der Waals surface area contributed by atoms with Crippen molar-refractivity contribution in [3.05, 3.63) is 76.8 Å². The Morgan fingerprint density at radius 1 is 0.955 bits per heavy atom. The highest BCUT2D eigenvalue weighted by Gasteiger charge is 2.13. The smallest absolute Gasteiger partial charge is 0.0629 e. The molecule has 2 heteroatoms. The van der Waals surface area contributed by atoms with E-state index in [9.17, 15) is 0 Å². The fourth-order valence-corrected chi connectivity index (χ4v) is 2.49. The van der Waals surface area contributed by atoms with Crippen LogP contribution in [0.2, 0.25) is 0 Å². The van der Waals surface area contributed by atoms with Gasteiger partial charge in [0.1, 0.15) is 0 Å². The van der Waals surface area contributed by atoms with E-state index in [-0.39, 0.29) is 24.5 Å². The van der Waals surface area contributed by atoms with Crippen molar-refractivity contribution in [2.75, 3.05) is 20.6 Å². The Kier molecular flexibility index (Phi) is 4.29. The van der Waals surface area contributed by atoms with Crippen LogP contribution in [0.25, 0.3) is 17.7 Å². The monoisotopic (exact) mass is 314 g/mol. The SMILES string of the molecule is Cl.[2H]C(CCN(C)C)=C1c2ccccc2C([2H])=C([2H])c2ccccc21. The van der Waals surface area contributed by atoms with Crippen molar-refractivity contribution in [1.29, 1.82) is 0 Å². The number of benzene rings is 2. The number of rotatable bonds is 3. The third-order valence-electron chi connectivity index (χ3n) is 3.59. The maximum atomic E-state index is 8.66. The first-order chi connectivity index (χ1) is 11.5. The van der Waals surface area contributed by atoms with Gasteiger partial charge >= 0.3 is 0 Å². The van der Waals surface area contributed by atoms with Crippen LogP contribution in [-0.4, -0.2) is 25.5 Å². The van der Waals surface area contributed by atoms with Gasteiger partial charge in [-0.3, -0.25) is 0 Å². The van der Waals surface area contributed by atoms with Crippen LogP contribution < -0.4 is 0 Å². The predicted molar refractivity (Wildman–Crippen MR) is 99.3 cm³/mol. The lowest BCUT2D eigenvalue weighted by atomic mass is 9.93. The van der Waals surface area contributed by atoms with E-state index in [1.54, 1.807) is 0 Å². The molecule has 0 bridgehead atoms. The van der Waals surface area contributed by atoms with E-state index < -0.39 is 0 Å². The minimum Gasteiger partial charge on any atom is -0.309 e. The summed E-state index contributed by atoms with van der Waals surface area (Å²) < 4.78 is 25.5. The van der Waals surface area contributed by atoms with Crippen molar-refractivity contribution in [3.63, 3.8) is 0 Å². The van der Waals surface area contributed by atoms with Crippen LogP contribution in [0.5, 0.6) is 0 Å². The summed E-state index contributed by atoms with van der Waals surface area (Å²) in [7, 11) is 4.00. The van der Waals surface area contributed by atoms with Crippen LogP contribution in [0.1, 0.15) is 32.8 Å². The Hall–Kier alpha value is -1.83. The number of halogens is 1. The number of nitrogens with zero attached hydrogens (tertiary/aromatic N) is 1. The Morgan fingerprint density at radius 2 is 1.45 bits per heavy atom. The average molecular weight is 315 g/mol. The summed E-state index contributed by atoms with van der Waals surface area (Å²) in [5, 5.41) is 0. The van der Waals surface area contributed by atoms with Gasteiger partial charge in [-0.05, 0) is 48.3 Å². The standard InChI is InChI=1S/C20H21N.ClH/c1-21(2)15-7-12-20-18-10-5-3-8-16(18)13-14-17-9-4-6-11-19(17)20;/h3-6,8-14H,7,15H2,1-2H3;1H/i12D,13D,14D;. The van der Waals surface area contributed by atoms with Gasteiger partial charge in [-0.25, -0.2) is 0 Å². The molecule has 0 fully saturated rings. The maximum Gasteiger partial charge on any atom is 0.0629 e. The molecule has 0 aromatic heterocycles. The highest BCUT2D eigenvalue weighted by atomic mass is 35.5. The quantitative estimate of drug-likeness (QED) is 0.772. The number of hydrogen-bond donors (Lipinski definition) is 0. The van der Waals surface area contributed by atoms with Gasteiger partial charge in [0.2, 0.25) is 0 Å². The molecule has 0 N–H and O–H groups in total. The minimum atomic E-state index is 0. The number of fused-ring (bicyclic) bond motifs is 2. The molecule has 0 saturated carbocycles. The fraction of sp³-hybridized carbons (Fsp3) is 0.200. The lowest BCUT2D eigenvalue weighted by Gasteiger charge is -2.13. The van der Waals surface area contributed by atoms with Crippen LogP contribution >= 0.6 is 12.4 Å². The summed E-state index contributed by atoms with van der Waals surface area (Å²) >= 11 is 0.